The van der Waals surface area contributed by atoms with Crippen LogP contribution in [0.4, 0.5) is 4.39 Å². The van der Waals surface area contributed by atoms with E-state index in [-0.39, 0.29) is 18.5 Å². The molecule has 1 heterocycles. The zero-order chi connectivity index (χ0) is 19.2. The Balaban J connectivity index is 1.43. The second-order valence-electron chi connectivity index (χ2n) is 5.67. The van der Waals surface area contributed by atoms with E-state index in [1.165, 1.54) is 18.2 Å². The normalized spacial score (nSPS) is 10.4. The molecule has 0 aliphatic heterocycles. The standard InChI is InChI=1S/C18H16FN5O3/c19-12-5-3-4-11(8-12)18(27)20-10-17(26)24-23-16(25)9-15-21-13-6-1-2-7-14(13)22-15/h1-8H,9-10H2,(H,20,27)(H,21,22)(H,23,25)(H,24,26). The van der Waals surface area contributed by atoms with Gasteiger partial charge < -0.3 is 10.3 Å². The number of hydrazine groups is 1. The van der Waals surface area contributed by atoms with E-state index in [9.17, 15) is 18.8 Å². The summed E-state index contributed by atoms with van der Waals surface area (Å²) in [6.07, 6.45) is -0.0510. The van der Waals surface area contributed by atoms with Crippen LogP contribution in [-0.2, 0) is 16.0 Å². The Morgan fingerprint density at radius 2 is 1.78 bits per heavy atom. The number of benzene rings is 2. The Bertz CT molecular complexity index is 968. The summed E-state index contributed by atoms with van der Waals surface area (Å²) in [7, 11) is 0. The number of halogens is 1. The molecule has 3 amide bonds. The first kappa shape index (κ1) is 18.1. The lowest BCUT2D eigenvalue weighted by atomic mass is 10.2. The van der Waals surface area contributed by atoms with Crippen LogP contribution in [-0.4, -0.2) is 34.2 Å². The Morgan fingerprint density at radius 1 is 1.00 bits per heavy atom. The lowest BCUT2D eigenvalue weighted by Crippen LogP contribution is -2.46. The maximum Gasteiger partial charge on any atom is 0.257 e. The molecule has 0 spiro atoms. The molecule has 0 aliphatic rings. The van der Waals surface area contributed by atoms with Crippen LogP contribution >= 0.6 is 0 Å². The van der Waals surface area contributed by atoms with Gasteiger partial charge >= 0.3 is 0 Å². The molecule has 0 atom stereocenters. The first-order chi connectivity index (χ1) is 13.0. The van der Waals surface area contributed by atoms with Crippen LogP contribution in [0, 0.1) is 5.82 Å². The van der Waals surface area contributed by atoms with E-state index in [4.69, 9.17) is 0 Å². The lowest BCUT2D eigenvalue weighted by molar-refractivity contribution is -0.128. The fourth-order valence-corrected chi connectivity index (χ4v) is 2.36. The Hall–Kier alpha value is -3.75. The molecule has 0 fully saturated rings. The third-order valence-electron chi connectivity index (χ3n) is 3.60. The smallest absolute Gasteiger partial charge is 0.257 e. The van der Waals surface area contributed by atoms with Crippen molar-refractivity contribution < 1.29 is 18.8 Å². The van der Waals surface area contributed by atoms with Crippen LogP contribution < -0.4 is 16.2 Å². The molecule has 138 valence electrons. The number of nitrogens with one attached hydrogen (secondary N) is 4. The van der Waals surface area contributed by atoms with Crippen LogP contribution in [0.2, 0.25) is 0 Å². The summed E-state index contributed by atoms with van der Waals surface area (Å²) < 4.78 is 13.1. The summed E-state index contributed by atoms with van der Waals surface area (Å²) in [4.78, 5) is 42.7. The number of nitrogens with zero attached hydrogens (tertiary/aromatic N) is 1. The van der Waals surface area contributed by atoms with Gasteiger partial charge in [-0.3, -0.25) is 25.2 Å². The zero-order valence-electron chi connectivity index (χ0n) is 14.1. The van der Waals surface area contributed by atoms with Gasteiger partial charge in [0, 0.05) is 5.56 Å². The number of hydrogen-bond donors (Lipinski definition) is 4. The molecule has 0 saturated heterocycles. The molecule has 0 aliphatic carbocycles. The van der Waals surface area contributed by atoms with Crippen molar-refractivity contribution in [2.75, 3.05) is 6.54 Å². The minimum absolute atomic E-state index is 0.0510. The second-order valence-corrected chi connectivity index (χ2v) is 5.67. The Kier molecular flexibility index (Phi) is 5.41. The predicted molar refractivity (Wildman–Crippen MR) is 94.8 cm³/mol. The molecule has 4 N–H and O–H groups in total. The molecule has 0 saturated carbocycles. The topological polar surface area (TPSA) is 116 Å². The van der Waals surface area contributed by atoms with Crippen LogP contribution in [0.15, 0.2) is 48.5 Å². The lowest BCUT2D eigenvalue weighted by Gasteiger charge is -2.08. The summed E-state index contributed by atoms with van der Waals surface area (Å²) in [5.74, 6) is -1.79. The van der Waals surface area contributed by atoms with Gasteiger partial charge in [-0.05, 0) is 30.3 Å². The highest BCUT2D eigenvalue weighted by molar-refractivity contribution is 5.96. The number of carbonyl (C=O) groups is 3. The minimum Gasteiger partial charge on any atom is -0.343 e. The molecule has 0 unspecified atom stereocenters. The molecule has 2 aromatic carbocycles. The largest absolute Gasteiger partial charge is 0.343 e. The van der Waals surface area contributed by atoms with E-state index in [0.29, 0.717) is 5.82 Å². The fraction of sp³-hybridized carbons (Fsp3) is 0.111. The van der Waals surface area contributed by atoms with E-state index in [0.717, 1.165) is 17.1 Å². The summed E-state index contributed by atoms with van der Waals surface area (Å²) in [6.45, 7) is -0.375. The summed E-state index contributed by atoms with van der Waals surface area (Å²) in [5, 5.41) is 2.33. The molecule has 8 nitrogen and oxygen atoms in total. The second kappa shape index (κ2) is 8.09. The van der Waals surface area contributed by atoms with Crippen molar-refractivity contribution in [1.29, 1.82) is 0 Å². The van der Waals surface area contributed by atoms with E-state index < -0.39 is 23.5 Å². The molecule has 9 heteroatoms. The number of carbonyl (C=O) groups excluding carboxylic acids is 3. The average molecular weight is 369 g/mol. The number of aromatic nitrogens is 2. The number of imidazole rings is 1. The van der Waals surface area contributed by atoms with E-state index >= 15 is 0 Å². The quantitative estimate of drug-likeness (QED) is 0.498. The van der Waals surface area contributed by atoms with Gasteiger partial charge in [0.15, 0.2) is 0 Å². The summed E-state index contributed by atoms with van der Waals surface area (Å²) >= 11 is 0. The van der Waals surface area contributed by atoms with Crippen LogP contribution in [0.1, 0.15) is 16.2 Å². The molecular weight excluding hydrogens is 353 g/mol. The van der Waals surface area contributed by atoms with Gasteiger partial charge in [0.1, 0.15) is 11.6 Å². The molecule has 1 aromatic heterocycles. The highest BCUT2D eigenvalue weighted by Gasteiger charge is 2.11. The SMILES string of the molecule is O=C(CNC(=O)c1cccc(F)c1)NNC(=O)Cc1nc2ccccc2[nH]1. The van der Waals surface area contributed by atoms with Gasteiger partial charge in [0.05, 0.1) is 24.0 Å². The fourth-order valence-electron chi connectivity index (χ4n) is 2.36. The van der Waals surface area contributed by atoms with Crippen molar-refractivity contribution >= 4 is 28.8 Å². The zero-order valence-corrected chi connectivity index (χ0v) is 14.1. The predicted octanol–water partition coefficient (Wildman–Crippen LogP) is 0.822. The Labute approximate surface area is 153 Å². The van der Waals surface area contributed by atoms with E-state index in [1.807, 2.05) is 24.3 Å². The maximum absolute atomic E-state index is 13.1. The van der Waals surface area contributed by atoms with Crippen LogP contribution in [0.25, 0.3) is 11.0 Å². The third-order valence-corrected chi connectivity index (χ3v) is 3.60. The molecule has 0 radical (unpaired) electrons. The molecule has 0 bridgehead atoms. The van der Waals surface area contributed by atoms with Crippen LogP contribution in [0.5, 0.6) is 0 Å². The third kappa shape index (κ3) is 4.88. The van der Waals surface area contributed by atoms with Gasteiger partial charge in [-0.1, -0.05) is 18.2 Å². The first-order valence-corrected chi connectivity index (χ1v) is 8.06. The van der Waals surface area contributed by atoms with E-state index in [2.05, 4.69) is 26.1 Å². The number of para-hydroxylation sites is 2. The number of H-pyrrole nitrogens is 1. The monoisotopic (exact) mass is 369 g/mol. The number of rotatable bonds is 5. The highest BCUT2D eigenvalue weighted by Crippen LogP contribution is 2.10. The van der Waals surface area contributed by atoms with Crippen molar-refractivity contribution in [2.45, 2.75) is 6.42 Å². The number of aromatic amines is 1. The first-order valence-electron chi connectivity index (χ1n) is 8.06. The van der Waals surface area contributed by atoms with Crippen LogP contribution in [0.3, 0.4) is 0 Å². The molecule has 27 heavy (non-hydrogen) atoms. The maximum atomic E-state index is 13.1. The van der Waals surface area contributed by atoms with Gasteiger partial charge in [-0.25, -0.2) is 9.37 Å². The minimum atomic E-state index is -0.627. The number of amides is 3. The van der Waals surface area contributed by atoms with Gasteiger partial charge in [-0.15, -0.1) is 0 Å². The average Bonchev–Trinajstić information content (AvgIpc) is 3.06. The van der Waals surface area contributed by atoms with Crippen molar-refractivity contribution in [3.63, 3.8) is 0 Å². The van der Waals surface area contributed by atoms with Crippen molar-refractivity contribution in [1.82, 2.24) is 26.1 Å². The van der Waals surface area contributed by atoms with Crippen molar-refractivity contribution in [2.24, 2.45) is 0 Å². The van der Waals surface area contributed by atoms with Crippen molar-refractivity contribution in [3.8, 4) is 0 Å². The summed E-state index contributed by atoms with van der Waals surface area (Å²) in [6, 6.07) is 12.4. The Morgan fingerprint density at radius 3 is 2.56 bits per heavy atom. The molecule has 3 rings (SSSR count). The van der Waals surface area contributed by atoms with Gasteiger partial charge in [-0.2, -0.15) is 0 Å². The highest BCUT2D eigenvalue weighted by atomic mass is 19.1. The number of hydrogen-bond acceptors (Lipinski definition) is 4. The molecule has 3 aromatic rings. The van der Waals surface area contributed by atoms with Crippen molar-refractivity contribution in [3.05, 3.63) is 65.7 Å². The number of fused-ring (bicyclic) bond motifs is 1. The van der Waals surface area contributed by atoms with Gasteiger partial charge in [0.2, 0.25) is 5.91 Å². The summed E-state index contributed by atoms with van der Waals surface area (Å²) in [5.41, 5.74) is 6.07. The van der Waals surface area contributed by atoms with E-state index in [1.54, 1.807) is 0 Å². The molecular formula is C18H16FN5O3. The van der Waals surface area contributed by atoms with Gasteiger partial charge in [0.25, 0.3) is 11.8 Å².